The Morgan fingerprint density at radius 2 is 1.86 bits per heavy atom. The molecule has 2 aliphatic carbocycles. The number of nitrogens with zero attached hydrogens (tertiary/aromatic N) is 2. The zero-order valence-electron chi connectivity index (χ0n) is 18.6. The number of aliphatic hydroxyl groups is 1. The van der Waals surface area contributed by atoms with Gasteiger partial charge in [0.05, 0.1) is 31.6 Å². The Labute approximate surface area is 176 Å². The monoisotopic (exact) mass is 402 g/mol. The Kier molecular flexibility index (Phi) is 5.84. The van der Waals surface area contributed by atoms with E-state index in [0.29, 0.717) is 24.7 Å². The van der Waals surface area contributed by atoms with Crippen LogP contribution in [0, 0.1) is 16.7 Å². The summed E-state index contributed by atoms with van der Waals surface area (Å²) in [5.41, 5.74) is 1.78. The van der Waals surface area contributed by atoms with Gasteiger partial charge >= 0.3 is 0 Å². The van der Waals surface area contributed by atoms with E-state index in [4.69, 9.17) is 9.47 Å². The number of β-amino-alcohol motifs (C(OH)–C–C–N with tert-alkyl or cyclic N) is 1. The van der Waals surface area contributed by atoms with Crippen molar-refractivity contribution in [1.82, 2.24) is 4.90 Å². The highest BCUT2D eigenvalue weighted by Crippen LogP contribution is 2.66. The molecule has 3 aliphatic rings. The molecule has 1 aliphatic heterocycles. The summed E-state index contributed by atoms with van der Waals surface area (Å²) in [6.45, 7) is 12.2. The van der Waals surface area contributed by atoms with Crippen LogP contribution in [-0.4, -0.2) is 68.7 Å². The van der Waals surface area contributed by atoms with Crippen molar-refractivity contribution in [2.24, 2.45) is 16.7 Å². The first-order valence-corrected chi connectivity index (χ1v) is 11.2. The lowest BCUT2D eigenvalue weighted by Gasteiger charge is -2.40. The molecule has 4 atom stereocenters. The molecular formula is C24H38N2O3. The van der Waals surface area contributed by atoms with Crippen LogP contribution in [0.5, 0.6) is 5.75 Å². The molecule has 5 heteroatoms. The topological polar surface area (TPSA) is 45.2 Å². The summed E-state index contributed by atoms with van der Waals surface area (Å²) in [7, 11) is 1.73. The van der Waals surface area contributed by atoms with E-state index in [0.717, 1.165) is 50.0 Å². The molecule has 2 bridgehead atoms. The maximum Gasteiger partial charge on any atom is 0.142 e. The minimum Gasteiger partial charge on any atom is -0.495 e. The van der Waals surface area contributed by atoms with Crippen LogP contribution < -0.4 is 9.64 Å². The molecule has 4 rings (SSSR count). The first-order valence-electron chi connectivity index (χ1n) is 11.2. The van der Waals surface area contributed by atoms with Gasteiger partial charge in [0, 0.05) is 32.7 Å². The molecule has 0 amide bonds. The molecule has 1 saturated heterocycles. The maximum absolute atomic E-state index is 10.6. The lowest BCUT2D eigenvalue weighted by Crippen LogP contribution is -2.49. The predicted molar refractivity (Wildman–Crippen MR) is 117 cm³/mol. The highest BCUT2D eigenvalue weighted by atomic mass is 16.5. The zero-order valence-corrected chi connectivity index (χ0v) is 18.6. The second-order valence-electron chi connectivity index (χ2n) is 10.0. The smallest absolute Gasteiger partial charge is 0.142 e. The average molecular weight is 403 g/mol. The van der Waals surface area contributed by atoms with E-state index in [-0.39, 0.29) is 5.41 Å². The molecule has 0 aromatic heterocycles. The standard InChI is InChI=1S/C24H38N2O3/c1-23(2)18-9-10-24(23,3)22(15-18)29-17-19(27)16-25-11-13-26(14-12-25)20-7-5-6-8-21(20)28-4/h5-8,18-19,22,27H,9-17H2,1-4H3/t18-,19+,22+,24+/m0/s1. The molecule has 1 heterocycles. The van der Waals surface area contributed by atoms with Crippen LogP contribution in [0.4, 0.5) is 5.69 Å². The highest BCUT2D eigenvalue weighted by molar-refractivity contribution is 5.58. The molecule has 0 radical (unpaired) electrons. The third kappa shape index (κ3) is 3.77. The number of aliphatic hydroxyl groups excluding tert-OH is 1. The van der Waals surface area contributed by atoms with Gasteiger partial charge in [-0.1, -0.05) is 32.9 Å². The molecule has 1 aromatic rings. The van der Waals surface area contributed by atoms with Gasteiger partial charge in [-0.2, -0.15) is 0 Å². The van der Waals surface area contributed by atoms with Crippen molar-refractivity contribution >= 4 is 5.69 Å². The first-order chi connectivity index (χ1) is 13.8. The fourth-order valence-electron chi connectivity index (χ4n) is 6.02. The molecule has 1 N–H and O–H groups in total. The zero-order chi connectivity index (χ0) is 20.6. The minimum atomic E-state index is -0.418. The van der Waals surface area contributed by atoms with Crippen molar-refractivity contribution in [2.45, 2.75) is 52.2 Å². The largest absolute Gasteiger partial charge is 0.495 e. The number of anilines is 1. The molecule has 2 saturated carbocycles. The fourth-order valence-corrected chi connectivity index (χ4v) is 6.02. The SMILES string of the molecule is COc1ccccc1N1CCN(C[C@@H](O)CO[C@@H]2C[C@@H]3CC[C@@]2(C)C3(C)C)CC1. The van der Waals surface area contributed by atoms with Crippen molar-refractivity contribution < 1.29 is 14.6 Å². The number of piperazine rings is 1. The number of para-hydroxylation sites is 2. The van der Waals surface area contributed by atoms with Crippen LogP contribution in [0.3, 0.4) is 0 Å². The van der Waals surface area contributed by atoms with E-state index in [1.165, 1.54) is 12.8 Å². The Hall–Kier alpha value is -1.30. The summed E-state index contributed by atoms with van der Waals surface area (Å²) in [5.74, 6) is 1.70. The molecule has 29 heavy (non-hydrogen) atoms. The lowest BCUT2D eigenvalue weighted by molar-refractivity contribution is -0.0794. The van der Waals surface area contributed by atoms with Gasteiger partial charge in [-0.05, 0) is 48.1 Å². The van der Waals surface area contributed by atoms with Gasteiger partial charge in [0.1, 0.15) is 5.75 Å². The third-order valence-corrected chi connectivity index (χ3v) is 8.47. The van der Waals surface area contributed by atoms with E-state index >= 15 is 0 Å². The number of hydrogen-bond acceptors (Lipinski definition) is 5. The Balaban J connectivity index is 1.23. The van der Waals surface area contributed by atoms with Crippen molar-refractivity contribution in [3.63, 3.8) is 0 Å². The summed E-state index contributed by atoms with van der Waals surface area (Å²) in [5, 5.41) is 10.6. The Morgan fingerprint density at radius 1 is 1.14 bits per heavy atom. The summed E-state index contributed by atoms with van der Waals surface area (Å²) < 4.78 is 11.8. The summed E-state index contributed by atoms with van der Waals surface area (Å²) in [4.78, 5) is 4.72. The van der Waals surface area contributed by atoms with E-state index < -0.39 is 6.10 Å². The number of rotatable bonds is 7. The van der Waals surface area contributed by atoms with Gasteiger partial charge in [-0.25, -0.2) is 0 Å². The second-order valence-corrected chi connectivity index (χ2v) is 10.0. The summed E-state index contributed by atoms with van der Waals surface area (Å²) in [6, 6.07) is 8.20. The van der Waals surface area contributed by atoms with Crippen LogP contribution in [0.2, 0.25) is 0 Å². The first kappa shape index (κ1) is 21.0. The maximum atomic E-state index is 10.6. The molecule has 0 unspecified atom stereocenters. The van der Waals surface area contributed by atoms with Crippen molar-refractivity contribution in [3.8, 4) is 5.75 Å². The lowest BCUT2D eigenvalue weighted by atomic mass is 9.70. The molecule has 162 valence electrons. The van der Waals surface area contributed by atoms with Crippen LogP contribution >= 0.6 is 0 Å². The quantitative estimate of drug-likeness (QED) is 0.757. The minimum absolute atomic E-state index is 0.262. The van der Waals surface area contributed by atoms with Gasteiger partial charge in [-0.3, -0.25) is 4.90 Å². The summed E-state index contributed by atoms with van der Waals surface area (Å²) in [6.07, 6.45) is 3.64. The van der Waals surface area contributed by atoms with Gasteiger partial charge < -0.3 is 19.5 Å². The number of fused-ring (bicyclic) bond motifs is 2. The van der Waals surface area contributed by atoms with Gasteiger partial charge in [0.15, 0.2) is 0 Å². The molecule has 0 spiro atoms. The van der Waals surface area contributed by atoms with Crippen LogP contribution in [0.1, 0.15) is 40.0 Å². The number of benzene rings is 1. The number of methoxy groups -OCH3 is 1. The van der Waals surface area contributed by atoms with E-state index in [1.807, 2.05) is 12.1 Å². The second kappa shape index (κ2) is 8.09. The van der Waals surface area contributed by atoms with Gasteiger partial charge in [0.2, 0.25) is 0 Å². The average Bonchev–Trinajstić information content (AvgIpc) is 3.06. The number of ether oxygens (including phenoxy) is 2. The normalized spacial score (nSPS) is 32.5. The van der Waals surface area contributed by atoms with Crippen LogP contribution in [-0.2, 0) is 4.74 Å². The Morgan fingerprint density at radius 3 is 2.48 bits per heavy atom. The van der Waals surface area contributed by atoms with Crippen LogP contribution in [0.15, 0.2) is 24.3 Å². The van der Waals surface area contributed by atoms with E-state index in [9.17, 15) is 5.11 Å². The van der Waals surface area contributed by atoms with Gasteiger partial charge in [0.25, 0.3) is 0 Å². The molecule has 1 aromatic carbocycles. The van der Waals surface area contributed by atoms with E-state index in [2.05, 4.69) is 42.7 Å². The fraction of sp³-hybridized carbons (Fsp3) is 0.750. The van der Waals surface area contributed by atoms with Crippen LogP contribution in [0.25, 0.3) is 0 Å². The predicted octanol–water partition coefficient (Wildman–Crippen LogP) is 3.41. The van der Waals surface area contributed by atoms with Crippen molar-refractivity contribution in [3.05, 3.63) is 24.3 Å². The molecule has 3 fully saturated rings. The van der Waals surface area contributed by atoms with E-state index in [1.54, 1.807) is 7.11 Å². The van der Waals surface area contributed by atoms with Gasteiger partial charge in [-0.15, -0.1) is 0 Å². The number of hydrogen-bond donors (Lipinski definition) is 1. The third-order valence-electron chi connectivity index (χ3n) is 8.47. The highest BCUT2D eigenvalue weighted by Gasteiger charge is 2.61. The summed E-state index contributed by atoms with van der Waals surface area (Å²) >= 11 is 0. The molecule has 5 nitrogen and oxygen atoms in total. The van der Waals surface area contributed by atoms with Crippen molar-refractivity contribution in [2.75, 3.05) is 51.3 Å². The van der Waals surface area contributed by atoms with Crippen molar-refractivity contribution in [1.29, 1.82) is 0 Å². The molecular weight excluding hydrogens is 364 g/mol. The Bertz CT molecular complexity index is 701.